The largest absolute Gasteiger partial charge is 0.378 e. The lowest BCUT2D eigenvalue weighted by atomic mass is 10.1. The number of carbonyl (C=O) groups excluding carboxylic acids is 1. The number of hydrogen-bond donors (Lipinski definition) is 0. The van der Waals surface area contributed by atoms with E-state index in [1.54, 1.807) is 17.0 Å². The predicted octanol–water partition coefficient (Wildman–Crippen LogP) is 2.66. The zero-order chi connectivity index (χ0) is 19.3. The van der Waals surface area contributed by atoms with E-state index < -0.39 is 0 Å². The Balaban J connectivity index is 1.63. The van der Waals surface area contributed by atoms with E-state index in [4.69, 9.17) is 4.74 Å². The Hall–Kier alpha value is -3.06. The second-order valence-electron chi connectivity index (χ2n) is 6.63. The predicted molar refractivity (Wildman–Crippen MR) is 102 cm³/mol. The van der Waals surface area contributed by atoms with E-state index in [2.05, 4.69) is 22.2 Å². The topological polar surface area (TPSA) is 60.2 Å². The molecular weight excluding hydrogens is 359 g/mol. The molecule has 1 fully saturated rings. The van der Waals surface area contributed by atoms with Crippen molar-refractivity contribution in [1.29, 1.82) is 0 Å². The molecule has 1 aliphatic rings. The maximum atomic E-state index is 13.3. The first-order valence-electron chi connectivity index (χ1n) is 9.33. The van der Waals surface area contributed by atoms with Crippen LogP contribution >= 0.6 is 0 Å². The van der Waals surface area contributed by atoms with Crippen LogP contribution in [0.25, 0.3) is 5.69 Å². The molecule has 6 nitrogen and oxygen atoms in total. The third kappa shape index (κ3) is 4.09. The van der Waals surface area contributed by atoms with E-state index in [1.807, 2.05) is 18.2 Å². The van der Waals surface area contributed by atoms with Crippen LogP contribution < -0.4 is 0 Å². The Kier molecular flexibility index (Phi) is 5.43. The fourth-order valence-corrected chi connectivity index (χ4v) is 3.17. The molecule has 2 heterocycles. The summed E-state index contributed by atoms with van der Waals surface area (Å²) < 4.78 is 20.2. The van der Waals surface area contributed by atoms with Crippen LogP contribution in [0.2, 0.25) is 0 Å². The molecule has 4 rings (SSSR count). The van der Waals surface area contributed by atoms with Crippen molar-refractivity contribution in [2.45, 2.75) is 12.8 Å². The van der Waals surface area contributed by atoms with E-state index in [-0.39, 0.29) is 17.5 Å². The molecule has 2 aromatic carbocycles. The molecule has 7 heteroatoms. The fourth-order valence-electron chi connectivity index (χ4n) is 3.17. The van der Waals surface area contributed by atoms with Gasteiger partial charge in [0.25, 0.3) is 5.91 Å². The summed E-state index contributed by atoms with van der Waals surface area (Å²) in [5.41, 5.74) is 1.79. The Labute approximate surface area is 162 Å². The molecule has 1 aliphatic heterocycles. The van der Waals surface area contributed by atoms with Crippen molar-refractivity contribution in [3.63, 3.8) is 0 Å². The Bertz CT molecular complexity index is 935. The number of benzene rings is 2. The van der Waals surface area contributed by atoms with Crippen LogP contribution in [0.5, 0.6) is 0 Å². The molecule has 0 saturated carbocycles. The first-order chi connectivity index (χ1) is 13.7. The molecule has 0 radical (unpaired) electrons. The molecule has 0 N–H and O–H groups in total. The summed E-state index contributed by atoms with van der Waals surface area (Å²) >= 11 is 0. The van der Waals surface area contributed by atoms with Gasteiger partial charge >= 0.3 is 0 Å². The maximum absolute atomic E-state index is 13.3. The van der Waals surface area contributed by atoms with Crippen LogP contribution in [-0.2, 0) is 17.6 Å². The van der Waals surface area contributed by atoms with Gasteiger partial charge in [0.05, 0.1) is 18.9 Å². The standard InChI is InChI=1S/C21H21FN4O2/c22-17-7-9-18(10-8-17)26-20(21(27)25-12-14-28-15-13-25)23-19(24-26)11-6-16-4-2-1-3-5-16/h1-5,7-10H,6,11-15H2. The van der Waals surface area contributed by atoms with Gasteiger partial charge in [-0.1, -0.05) is 30.3 Å². The van der Waals surface area contributed by atoms with Gasteiger partial charge in [-0.3, -0.25) is 4.79 Å². The van der Waals surface area contributed by atoms with Crippen molar-refractivity contribution in [3.05, 3.63) is 77.6 Å². The maximum Gasteiger partial charge on any atom is 0.291 e. The molecule has 1 aromatic heterocycles. The second kappa shape index (κ2) is 8.31. The first-order valence-corrected chi connectivity index (χ1v) is 9.33. The number of carbonyl (C=O) groups is 1. The lowest BCUT2D eigenvalue weighted by Crippen LogP contribution is -2.41. The van der Waals surface area contributed by atoms with Crippen LogP contribution in [-0.4, -0.2) is 51.9 Å². The molecule has 28 heavy (non-hydrogen) atoms. The summed E-state index contributed by atoms with van der Waals surface area (Å²) in [7, 11) is 0. The summed E-state index contributed by atoms with van der Waals surface area (Å²) in [5, 5.41) is 4.55. The number of nitrogens with zero attached hydrogens (tertiary/aromatic N) is 4. The second-order valence-corrected chi connectivity index (χ2v) is 6.63. The number of halogens is 1. The number of aryl methyl sites for hydroxylation is 2. The molecule has 1 saturated heterocycles. The van der Waals surface area contributed by atoms with Crippen molar-refractivity contribution >= 4 is 5.91 Å². The number of aromatic nitrogens is 3. The third-order valence-electron chi connectivity index (χ3n) is 4.69. The lowest BCUT2D eigenvalue weighted by Gasteiger charge is -2.26. The quantitative estimate of drug-likeness (QED) is 0.683. The van der Waals surface area contributed by atoms with Crippen molar-refractivity contribution in [2.75, 3.05) is 26.3 Å². The Morgan fingerprint density at radius 2 is 1.71 bits per heavy atom. The molecule has 0 aliphatic carbocycles. The Morgan fingerprint density at radius 3 is 2.43 bits per heavy atom. The minimum atomic E-state index is -0.339. The molecule has 1 amide bonds. The molecule has 0 atom stereocenters. The van der Waals surface area contributed by atoms with E-state index in [1.165, 1.54) is 22.4 Å². The number of rotatable bonds is 5. The lowest BCUT2D eigenvalue weighted by molar-refractivity contribution is 0.0293. The van der Waals surface area contributed by atoms with Gasteiger partial charge in [0.2, 0.25) is 5.82 Å². The zero-order valence-electron chi connectivity index (χ0n) is 15.4. The highest BCUT2D eigenvalue weighted by atomic mass is 19.1. The number of hydrogen-bond acceptors (Lipinski definition) is 4. The zero-order valence-corrected chi connectivity index (χ0v) is 15.4. The van der Waals surface area contributed by atoms with E-state index in [9.17, 15) is 9.18 Å². The molecule has 0 spiro atoms. The van der Waals surface area contributed by atoms with Gasteiger partial charge < -0.3 is 9.64 Å². The van der Waals surface area contributed by atoms with Gasteiger partial charge in [0.1, 0.15) is 5.82 Å². The highest BCUT2D eigenvalue weighted by Gasteiger charge is 2.25. The monoisotopic (exact) mass is 380 g/mol. The van der Waals surface area contributed by atoms with Crippen LogP contribution in [0, 0.1) is 5.82 Å². The van der Waals surface area contributed by atoms with Crippen molar-refractivity contribution in [2.24, 2.45) is 0 Å². The van der Waals surface area contributed by atoms with Gasteiger partial charge in [-0.2, -0.15) is 5.10 Å². The Morgan fingerprint density at radius 1 is 1.00 bits per heavy atom. The van der Waals surface area contributed by atoms with Crippen molar-refractivity contribution in [1.82, 2.24) is 19.7 Å². The molecule has 3 aromatic rings. The summed E-state index contributed by atoms with van der Waals surface area (Å²) in [6, 6.07) is 16.0. The first kappa shape index (κ1) is 18.3. The van der Waals surface area contributed by atoms with Gasteiger partial charge in [-0.25, -0.2) is 14.1 Å². The molecule has 0 unspecified atom stereocenters. The number of amides is 1. The summed E-state index contributed by atoms with van der Waals surface area (Å²) in [6.45, 7) is 2.07. The third-order valence-corrected chi connectivity index (χ3v) is 4.69. The summed E-state index contributed by atoms with van der Waals surface area (Å²) in [4.78, 5) is 19.3. The van der Waals surface area contributed by atoms with Crippen LogP contribution in [0.1, 0.15) is 22.0 Å². The van der Waals surface area contributed by atoms with E-state index >= 15 is 0 Å². The molecular formula is C21H21FN4O2. The summed E-state index contributed by atoms with van der Waals surface area (Å²) in [5.74, 6) is 0.307. The average molecular weight is 380 g/mol. The van der Waals surface area contributed by atoms with Crippen molar-refractivity contribution in [3.8, 4) is 5.69 Å². The van der Waals surface area contributed by atoms with Gasteiger partial charge in [-0.05, 0) is 36.2 Å². The van der Waals surface area contributed by atoms with Crippen LogP contribution in [0.3, 0.4) is 0 Å². The number of morpholine rings is 1. The van der Waals surface area contributed by atoms with Crippen molar-refractivity contribution < 1.29 is 13.9 Å². The molecule has 0 bridgehead atoms. The van der Waals surface area contributed by atoms with E-state index in [0.717, 1.165) is 6.42 Å². The highest BCUT2D eigenvalue weighted by molar-refractivity contribution is 5.91. The van der Waals surface area contributed by atoms with Crippen LogP contribution in [0.15, 0.2) is 54.6 Å². The SMILES string of the molecule is O=C(c1nc(CCc2ccccc2)nn1-c1ccc(F)cc1)N1CCOCC1. The smallest absolute Gasteiger partial charge is 0.291 e. The van der Waals surface area contributed by atoms with Gasteiger partial charge in [-0.15, -0.1) is 0 Å². The number of ether oxygens (including phenoxy) is 1. The minimum absolute atomic E-state index is 0.189. The van der Waals surface area contributed by atoms with Gasteiger partial charge in [0, 0.05) is 19.5 Å². The van der Waals surface area contributed by atoms with E-state index in [0.29, 0.717) is 44.2 Å². The van der Waals surface area contributed by atoms with Gasteiger partial charge in [0.15, 0.2) is 5.82 Å². The fraction of sp³-hybridized carbons (Fsp3) is 0.286. The summed E-state index contributed by atoms with van der Waals surface area (Å²) in [6.07, 6.45) is 1.39. The highest BCUT2D eigenvalue weighted by Crippen LogP contribution is 2.15. The normalized spacial score (nSPS) is 14.2. The van der Waals surface area contributed by atoms with Crippen LogP contribution in [0.4, 0.5) is 4.39 Å². The average Bonchev–Trinajstić information content (AvgIpc) is 3.18. The minimum Gasteiger partial charge on any atom is -0.378 e. The molecule has 144 valence electrons.